The maximum atomic E-state index is 12.0. The fourth-order valence-corrected chi connectivity index (χ4v) is 2.60. The molecule has 0 amide bonds. The molecule has 0 saturated heterocycles. The summed E-state index contributed by atoms with van der Waals surface area (Å²) in [5.41, 5.74) is 0.727. The van der Waals surface area contributed by atoms with E-state index in [9.17, 15) is 9.90 Å². The summed E-state index contributed by atoms with van der Waals surface area (Å²) in [5.74, 6) is -1.15. The van der Waals surface area contributed by atoms with Crippen LogP contribution in [0.2, 0.25) is 0 Å². The summed E-state index contributed by atoms with van der Waals surface area (Å²) in [6.45, 7) is 12.0. The van der Waals surface area contributed by atoms with E-state index in [0.717, 1.165) is 5.56 Å². The standard InChI is InChI=1S/C18H28O3/c1-12(2)18(20,16(19)21-7)13(3)14-8-10-15(11-9-14)17(4,5)6/h8-13,20H,1-7H3. The number of hydrogen-bond donors (Lipinski definition) is 1. The number of methoxy groups -OCH3 is 1. The van der Waals surface area contributed by atoms with Gasteiger partial charge < -0.3 is 9.84 Å². The second kappa shape index (κ2) is 6.18. The molecular weight excluding hydrogens is 264 g/mol. The Morgan fingerprint density at radius 3 is 1.90 bits per heavy atom. The van der Waals surface area contributed by atoms with Crippen molar-refractivity contribution in [3.63, 3.8) is 0 Å². The quantitative estimate of drug-likeness (QED) is 0.862. The van der Waals surface area contributed by atoms with E-state index in [1.807, 2.05) is 32.9 Å². The van der Waals surface area contributed by atoms with Crippen LogP contribution in [0, 0.1) is 5.92 Å². The van der Waals surface area contributed by atoms with Gasteiger partial charge in [0.1, 0.15) is 0 Å². The highest BCUT2D eigenvalue weighted by atomic mass is 16.5. The lowest BCUT2D eigenvalue weighted by Gasteiger charge is -2.35. The Morgan fingerprint density at radius 1 is 1.10 bits per heavy atom. The molecule has 2 unspecified atom stereocenters. The molecule has 0 radical (unpaired) electrons. The van der Waals surface area contributed by atoms with Crippen LogP contribution in [0.5, 0.6) is 0 Å². The fraction of sp³-hybridized carbons (Fsp3) is 0.611. The van der Waals surface area contributed by atoms with Crippen LogP contribution in [0.25, 0.3) is 0 Å². The fourth-order valence-electron chi connectivity index (χ4n) is 2.60. The molecule has 0 bridgehead atoms. The second-order valence-electron chi connectivity index (χ2n) is 7.07. The van der Waals surface area contributed by atoms with E-state index < -0.39 is 11.6 Å². The molecule has 0 aliphatic rings. The van der Waals surface area contributed by atoms with Gasteiger partial charge in [-0.05, 0) is 22.5 Å². The Kier molecular flexibility index (Phi) is 5.21. The van der Waals surface area contributed by atoms with Crippen LogP contribution in [0.1, 0.15) is 58.6 Å². The summed E-state index contributed by atoms with van der Waals surface area (Å²) < 4.78 is 4.81. The molecule has 1 aromatic rings. The smallest absolute Gasteiger partial charge is 0.338 e. The molecule has 21 heavy (non-hydrogen) atoms. The van der Waals surface area contributed by atoms with Crippen molar-refractivity contribution in [3.05, 3.63) is 35.4 Å². The Labute approximate surface area is 128 Å². The summed E-state index contributed by atoms with van der Waals surface area (Å²) in [6.07, 6.45) is 0. The first-order valence-electron chi connectivity index (χ1n) is 7.46. The Hall–Kier alpha value is -1.35. The predicted octanol–water partition coefficient (Wildman–Crippen LogP) is 3.65. The average molecular weight is 292 g/mol. The SMILES string of the molecule is COC(=O)C(O)(C(C)C)C(C)c1ccc(C(C)(C)C)cc1. The van der Waals surface area contributed by atoms with E-state index in [1.54, 1.807) is 0 Å². The molecule has 118 valence electrons. The topological polar surface area (TPSA) is 46.5 Å². The number of hydrogen-bond acceptors (Lipinski definition) is 3. The van der Waals surface area contributed by atoms with Gasteiger partial charge in [0, 0.05) is 5.92 Å². The molecule has 0 spiro atoms. The zero-order valence-corrected chi connectivity index (χ0v) is 14.2. The molecule has 0 aromatic heterocycles. The van der Waals surface area contributed by atoms with Crippen LogP contribution >= 0.6 is 0 Å². The minimum atomic E-state index is -1.52. The van der Waals surface area contributed by atoms with Gasteiger partial charge in [-0.15, -0.1) is 0 Å². The van der Waals surface area contributed by atoms with E-state index in [2.05, 4.69) is 32.9 Å². The monoisotopic (exact) mass is 292 g/mol. The first-order chi connectivity index (χ1) is 9.55. The van der Waals surface area contributed by atoms with Crippen molar-refractivity contribution in [2.24, 2.45) is 5.92 Å². The zero-order valence-electron chi connectivity index (χ0n) is 14.2. The molecule has 1 N–H and O–H groups in total. The van der Waals surface area contributed by atoms with Crippen LogP contribution < -0.4 is 0 Å². The van der Waals surface area contributed by atoms with Crippen molar-refractivity contribution in [1.29, 1.82) is 0 Å². The Balaban J connectivity index is 3.17. The lowest BCUT2D eigenvalue weighted by Crippen LogP contribution is -2.49. The minimum absolute atomic E-state index is 0.0818. The number of ether oxygens (including phenoxy) is 1. The number of esters is 1. The van der Waals surface area contributed by atoms with Gasteiger partial charge in [-0.1, -0.05) is 65.8 Å². The molecule has 2 atom stereocenters. The van der Waals surface area contributed by atoms with E-state index >= 15 is 0 Å². The van der Waals surface area contributed by atoms with Gasteiger partial charge in [0.25, 0.3) is 0 Å². The summed E-state index contributed by atoms with van der Waals surface area (Å²) in [6, 6.07) is 8.09. The molecule has 0 heterocycles. The molecule has 1 aromatic carbocycles. The number of aliphatic hydroxyl groups is 1. The minimum Gasteiger partial charge on any atom is -0.467 e. The van der Waals surface area contributed by atoms with E-state index in [-0.39, 0.29) is 17.3 Å². The van der Waals surface area contributed by atoms with Crippen molar-refractivity contribution in [1.82, 2.24) is 0 Å². The van der Waals surface area contributed by atoms with E-state index in [4.69, 9.17) is 4.74 Å². The number of rotatable bonds is 4. The van der Waals surface area contributed by atoms with E-state index in [0.29, 0.717) is 0 Å². The molecule has 3 heteroatoms. The molecule has 0 aliphatic carbocycles. The number of carbonyl (C=O) groups excluding carboxylic acids is 1. The largest absolute Gasteiger partial charge is 0.467 e. The van der Waals surface area contributed by atoms with Gasteiger partial charge in [-0.25, -0.2) is 4.79 Å². The van der Waals surface area contributed by atoms with Gasteiger partial charge in [-0.2, -0.15) is 0 Å². The summed E-state index contributed by atoms with van der Waals surface area (Å²) >= 11 is 0. The van der Waals surface area contributed by atoms with Crippen LogP contribution in [-0.4, -0.2) is 23.8 Å². The summed E-state index contributed by atoms with van der Waals surface area (Å²) in [5, 5.41) is 10.8. The highest BCUT2D eigenvalue weighted by molar-refractivity contribution is 5.81. The normalized spacial score (nSPS) is 16.4. The Bertz CT molecular complexity index is 482. The highest BCUT2D eigenvalue weighted by Gasteiger charge is 2.46. The number of carbonyl (C=O) groups is 1. The van der Waals surface area contributed by atoms with Crippen molar-refractivity contribution >= 4 is 5.97 Å². The predicted molar refractivity (Wildman–Crippen MR) is 85.4 cm³/mol. The van der Waals surface area contributed by atoms with Gasteiger partial charge in [0.05, 0.1) is 7.11 Å². The van der Waals surface area contributed by atoms with Gasteiger partial charge in [0.15, 0.2) is 5.60 Å². The lowest BCUT2D eigenvalue weighted by atomic mass is 9.75. The second-order valence-corrected chi connectivity index (χ2v) is 7.07. The summed E-state index contributed by atoms with van der Waals surface area (Å²) in [7, 11) is 1.31. The molecule has 0 saturated carbocycles. The van der Waals surface area contributed by atoms with E-state index in [1.165, 1.54) is 12.7 Å². The van der Waals surface area contributed by atoms with Crippen LogP contribution in [0.3, 0.4) is 0 Å². The molecular formula is C18H28O3. The third kappa shape index (κ3) is 3.46. The van der Waals surface area contributed by atoms with Crippen LogP contribution in [0.15, 0.2) is 24.3 Å². The maximum Gasteiger partial charge on any atom is 0.338 e. The van der Waals surface area contributed by atoms with Gasteiger partial charge in [0.2, 0.25) is 0 Å². The molecule has 1 rings (SSSR count). The van der Waals surface area contributed by atoms with Crippen LogP contribution in [0.4, 0.5) is 0 Å². The van der Waals surface area contributed by atoms with Crippen molar-refractivity contribution in [3.8, 4) is 0 Å². The summed E-state index contributed by atoms with van der Waals surface area (Å²) in [4.78, 5) is 12.0. The maximum absolute atomic E-state index is 12.0. The van der Waals surface area contributed by atoms with Crippen molar-refractivity contribution < 1.29 is 14.6 Å². The van der Waals surface area contributed by atoms with Crippen molar-refractivity contribution in [2.75, 3.05) is 7.11 Å². The number of benzene rings is 1. The van der Waals surface area contributed by atoms with Crippen molar-refractivity contribution in [2.45, 2.75) is 58.5 Å². The van der Waals surface area contributed by atoms with Crippen LogP contribution in [-0.2, 0) is 14.9 Å². The van der Waals surface area contributed by atoms with Gasteiger partial charge in [-0.3, -0.25) is 0 Å². The first kappa shape index (κ1) is 17.7. The lowest BCUT2D eigenvalue weighted by molar-refractivity contribution is -0.170. The molecule has 0 fully saturated rings. The molecule has 0 aliphatic heterocycles. The zero-order chi connectivity index (χ0) is 16.4. The highest BCUT2D eigenvalue weighted by Crippen LogP contribution is 2.36. The Morgan fingerprint density at radius 2 is 1.57 bits per heavy atom. The first-order valence-corrected chi connectivity index (χ1v) is 7.46. The average Bonchev–Trinajstić information content (AvgIpc) is 2.43. The van der Waals surface area contributed by atoms with Gasteiger partial charge >= 0.3 is 5.97 Å². The molecule has 3 nitrogen and oxygen atoms in total. The third-order valence-electron chi connectivity index (χ3n) is 4.33. The third-order valence-corrected chi connectivity index (χ3v) is 4.33.